The molecular formula is C11H16BrN3O2. The summed E-state index contributed by atoms with van der Waals surface area (Å²) in [5, 5.41) is 0. The first kappa shape index (κ1) is 13.9. The zero-order chi connectivity index (χ0) is 13.2. The van der Waals surface area contributed by atoms with Crippen LogP contribution in [0, 0.1) is 6.92 Å². The van der Waals surface area contributed by atoms with Crippen LogP contribution in [-0.2, 0) is 4.74 Å². The van der Waals surface area contributed by atoms with Gasteiger partial charge in [-0.2, -0.15) is 0 Å². The van der Waals surface area contributed by atoms with Crippen LogP contribution in [-0.4, -0.2) is 28.7 Å². The van der Waals surface area contributed by atoms with E-state index in [4.69, 9.17) is 4.74 Å². The van der Waals surface area contributed by atoms with E-state index in [9.17, 15) is 4.79 Å². The van der Waals surface area contributed by atoms with E-state index in [-0.39, 0.29) is 0 Å². The van der Waals surface area contributed by atoms with Crippen LogP contribution in [0.5, 0.6) is 0 Å². The number of aromatic nitrogens is 2. The molecule has 1 aromatic heterocycles. The number of hydrogen-bond acceptors (Lipinski definition) is 4. The van der Waals surface area contributed by atoms with Crippen molar-refractivity contribution in [1.82, 2.24) is 9.97 Å². The lowest BCUT2D eigenvalue weighted by Crippen LogP contribution is -2.35. The number of halogens is 1. The van der Waals surface area contributed by atoms with Crippen LogP contribution < -0.4 is 4.90 Å². The summed E-state index contributed by atoms with van der Waals surface area (Å²) < 4.78 is 5.88. The number of ether oxygens (including phenoxy) is 1. The molecule has 0 atom stereocenters. The Morgan fingerprint density at radius 3 is 2.53 bits per heavy atom. The molecule has 6 heteroatoms. The van der Waals surface area contributed by atoms with Crippen LogP contribution in [0.3, 0.4) is 0 Å². The van der Waals surface area contributed by atoms with Crippen molar-refractivity contribution in [2.45, 2.75) is 33.3 Å². The largest absolute Gasteiger partial charge is 0.443 e. The minimum absolute atomic E-state index is 0.447. The number of nitrogens with zero attached hydrogens (tertiary/aromatic N) is 3. The second kappa shape index (κ2) is 5.00. The van der Waals surface area contributed by atoms with Gasteiger partial charge in [-0.25, -0.2) is 14.8 Å². The van der Waals surface area contributed by atoms with E-state index >= 15 is 0 Å². The molecule has 0 aliphatic rings. The second-order valence-corrected chi connectivity index (χ2v) is 5.45. The van der Waals surface area contributed by atoms with Crippen LogP contribution in [0.4, 0.5) is 10.6 Å². The second-order valence-electron chi connectivity index (χ2n) is 4.64. The normalized spacial score (nSPS) is 11.2. The van der Waals surface area contributed by atoms with Gasteiger partial charge in [-0.1, -0.05) is 0 Å². The van der Waals surface area contributed by atoms with Crippen molar-refractivity contribution in [3.63, 3.8) is 0 Å². The Labute approximate surface area is 109 Å². The summed E-state index contributed by atoms with van der Waals surface area (Å²) in [5.74, 6) is 0.488. The van der Waals surface area contributed by atoms with Gasteiger partial charge in [0.2, 0.25) is 0 Å². The summed E-state index contributed by atoms with van der Waals surface area (Å²) in [6.45, 7) is 7.24. The fourth-order valence-corrected chi connectivity index (χ4v) is 1.56. The number of amides is 1. The zero-order valence-corrected chi connectivity index (χ0v) is 12.2. The lowest BCUT2D eigenvalue weighted by Gasteiger charge is -2.24. The third kappa shape index (κ3) is 3.96. The third-order valence-electron chi connectivity index (χ3n) is 1.88. The Hall–Kier alpha value is -1.17. The van der Waals surface area contributed by atoms with Crippen molar-refractivity contribution in [2.75, 3.05) is 11.9 Å². The molecule has 94 valence electrons. The maximum atomic E-state index is 11.8. The SMILES string of the molecule is Cc1nc(Br)cnc1N(C)C(=O)OC(C)(C)C. The van der Waals surface area contributed by atoms with Crippen LogP contribution >= 0.6 is 15.9 Å². The molecule has 0 radical (unpaired) electrons. The van der Waals surface area contributed by atoms with Crippen LogP contribution in [0.25, 0.3) is 0 Å². The van der Waals surface area contributed by atoms with Gasteiger partial charge >= 0.3 is 6.09 Å². The number of carbonyl (C=O) groups is 1. The van der Waals surface area contributed by atoms with Gasteiger partial charge in [0.1, 0.15) is 10.2 Å². The van der Waals surface area contributed by atoms with E-state index in [0.29, 0.717) is 16.1 Å². The van der Waals surface area contributed by atoms with E-state index in [2.05, 4.69) is 25.9 Å². The van der Waals surface area contributed by atoms with Crippen molar-refractivity contribution in [3.8, 4) is 0 Å². The Balaban J connectivity index is 2.89. The van der Waals surface area contributed by atoms with Crippen LogP contribution in [0.1, 0.15) is 26.5 Å². The minimum atomic E-state index is -0.526. The standard InChI is InChI=1S/C11H16BrN3O2/c1-7-9(13-6-8(12)14-7)15(5)10(16)17-11(2,3)4/h6H,1-5H3. The van der Waals surface area contributed by atoms with E-state index in [0.717, 1.165) is 0 Å². The first-order chi connectivity index (χ1) is 7.70. The Kier molecular flexibility index (Phi) is 4.08. The van der Waals surface area contributed by atoms with Crippen molar-refractivity contribution >= 4 is 27.8 Å². The van der Waals surface area contributed by atoms with Crippen molar-refractivity contribution in [2.24, 2.45) is 0 Å². The molecule has 0 unspecified atom stereocenters. The summed E-state index contributed by atoms with van der Waals surface area (Å²) in [4.78, 5) is 21.5. The summed E-state index contributed by atoms with van der Waals surface area (Å²) in [5.41, 5.74) is 0.134. The summed E-state index contributed by atoms with van der Waals surface area (Å²) in [7, 11) is 1.61. The van der Waals surface area contributed by atoms with E-state index < -0.39 is 11.7 Å². The molecule has 0 saturated heterocycles. The first-order valence-corrected chi connectivity index (χ1v) is 5.96. The average Bonchev–Trinajstić information content (AvgIpc) is 2.14. The number of rotatable bonds is 1. The molecule has 0 spiro atoms. The molecule has 0 saturated carbocycles. The maximum absolute atomic E-state index is 11.8. The lowest BCUT2D eigenvalue weighted by atomic mass is 10.2. The van der Waals surface area contributed by atoms with Crippen molar-refractivity contribution in [3.05, 3.63) is 16.5 Å². The average molecular weight is 302 g/mol. The highest BCUT2D eigenvalue weighted by Crippen LogP contribution is 2.18. The molecular weight excluding hydrogens is 286 g/mol. The third-order valence-corrected chi connectivity index (χ3v) is 2.26. The van der Waals surface area contributed by atoms with Crippen LogP contribution in [0.15, 0.2) is 10.8 Å². The lowest BCUT2D eigenvalue weighted by molar-refractivity contribution is 0.0588. The number of aryl methyl sites for hydroxylation is 1. The van der Waals surface area contributed by atoms with E-state index in [1.165, 1.54) is 4.90 Å². The van der Waals surface area contributed by atoms with Gasteiger partial charge in [0.15, 0.2) is 5.82 Å². The molecule has 0 aliphatic heterocycles. The fraction of sp³-hybridized carbons (Fsp3) is 0.545. The highest BCUT2D eigenvalue weighted by atomic mass is 79.9. The molecule has 0 aromatic carbocycles. The highest BCUT2D eigenvalue weighted by molar-refractivity contribution is 9.10. The maximum Gasteiger partial charge on any atom is 0.415 e. The predicted molar refractivity (Wildman–Crippen MR) is 69.1 cm³/mol. The van der Waals surface area contributed by atoms with Gasteiger partial charge in [0, 0.05) is 7.05 Å². The van der Waals surface area contributed by atoms with Crippen LogP contribution in [0.2, 0.25) is 0 Å². The fourth-order valence-electron chi connectivity index (χ4n) is 1.19. The van der Waals surface area contributed by atoms with Crippen molar-refractivity contribution in [1.29, 1.82) is 0 Å². The minimum Gasteiger partial charge on any atom is -0.443 e. The molecule has 1 rings (SSSR count). The van der Waals surface area contributed by atoms with Gasteiger partial charge in [-0.3, -0.25) is 4.90 Å². The molecule has 17 heavy (non-hydrogen) atoms. The van der Waals surface area contributed by atoms with E-state index in [1.807, 2.05) is 20.8 Å². The van der Waals surface area contributed by atoms with Gasteiger partial charge < -0.3 is 4.74 Å². The molecule has 0 aliphatic carbocycles. The molecule has 1 heterocycles. The first-order valence-electron chi connectivity index (χ1n) is 5.16. The number of carbonyl (C=O) groups excluding carboxylic acids is 1. The predicted octanol–water partition coefficient (Wildman–Crippen LogP) is 2.92. The zero-order valence-electron chi connectivity index (χ0n) is 10.6. The summed E-state index contributed by atoms with van der Waals surface area (Å²) in [6, 6.07) is 0. The Morgan fingerprint density at radius 2 is 2.06 bits per heavy atom. The summed E-state index contributed by atoms with van der Waals surface area (Å²) >= 11 is 3.22. The molecule has 0 bridgehead atoms. The Morgan fingerprint density at radius 1 is 1.47 bits per heavy atom. The summed E-state index contributed by atoms with van der Waals surface area (Å²) in [6.07, 6.45) is 1.10. The van der Waals surface area contributed by atoms with Crippen molar-refractivity contribution < 1.29 is 9.53 Å². The van der Waals surface area contributed by atoms with Gasteiger partial charge in [0.05, 0.1) is 11.9 Å². The smallest absolute Gasteiger partial charge is 0.415 e. The van der Waals surface area contributed by atoms with Gasteiger partial charge in [0.25, 0.3) is 0 Å². The molecule has 1 aromatic rings. The van der Waals surface area contributed by atoms with Gasteiger partial charge in [-0.15, -0.1) is 0 Å². The van der Waals surface area contributed by atoms with Gasteiger partial charge in [-0.05, 0) is 43.6 Å². The quantitative estimate of drug-likeness (QED) is 0.800. The number of anilines is 1. The molecule has 0 fully saturated rings. The molecule has 0 N–H and O–H groups in total. The monoisotopic (exact) mass is 301 g/mol. The number of hydrogen-bond donors (Lipinski definition) is 0. The molecule has 5 nitrogen and oxygen atoms in total. The highest BCUT2D eigenvalue weighted by Gasteiger charge is 2.22. The Bertz CT molecular complexity index is 429. The van der Waals surface area contributed by atoms with E-state index in [1.54, 1.807) is 20.2 Å². The molecule has 1 amide bonds. The topological polar surface area (TPSA) is 55.3 Å².